The Hall–Kier alpha value is -3.48. The van der Waals surface area contributed by atoms with Crippen molar-refractivity contribution in [2.45, 2.75) is 19.8 Å². The number of carboxylic acids is 1. The maximum Gasteiger partial charge on any atom is 0.261 e. The molecule has 0 spiro atoms. The maximum atomic E-state index is 12.4. The standard InChI is InChI=1S/C20H18N2O5/c1-2-9-22-19(26)15-8-5-13(11-16(15)20(22)27)18(25)21-14-6-3-12(4-7-14)10-17(23)24/h3-8,11H,2,9-10H2,1H3,(H,21,25)(H,23,24)/p-1. The third kappa shape index (κ3) is 3.72. The summed E-state index contributed by atoms with van der Waals surface area (Å²) in [7, 11) is 0. The van der Waals surface area contributed by atoms with Crippen LogP contribution in [-0.4, -0.2) is 35.1 Å². The first-order chi connectivity index (χ1) is 12.9. The normalized spacial score (nSPS) is 12.9. The second-order valence-electron chi connectivity index (χ2n) is 6.22. The number of aliphatic carboxylic acids is 1. The monoisotopic (exact) mass is 365 g/mol. The van der Waals surface area contributed by atoms with E-state index >= 15 is 0 Å². The molecule has 0 fully saturated rings. The van der Waals surface area contributed by atoms with Crippen molar-refractivity contribution in [1.29, 1.82) is 0 Å². The molecule has 0 saturated heterocycles. The van der Waals surface area contributed by atoms with Crippen molar-refractivity contribution >= 4 is 29.4 Å². The van der Waals surface area contributed by atoms with E-state index in [0.717, 1.165) is 0 Å². The van der Waals surface area contributed by atoms with E-state index in [0.29, 0.717) is 29.8 Å². The van der Waals surface area contributed by atoms with Gasteiger partial charge in [0.1, 0.15) is 0 Å². The van der Waals surface area contributed by atoms with Crippen molar-refractivity contribution < 1.29 is 24.3 Å². The predicted octanol–water partition coefficient (Wildman–Crippen LogP) is 1.24. The molecule has 2 aromatic rings. The van der Waals surface area contributed by atoms with Gasteiger partial charge in [-0.1, -0.05) is 19.1 Å². The van der Waals surface area contributed by atoms with E-state index in [1.54, 1.807) is 24.3 Å². The Morgan fingerprint density at radius 3 is 2.30 bits per heavy atom. The van der Waals surface area contributed by atoms with Crippen LogP contribution in [0.25, 0.3) is 0 Å². The van der Waals surface area contributed by atoms with Gasteiger partial charge in [0.2, 0.25) is 0 Å². The first-order valence-electron chi connectivity index (χ1n) is 8.51. The van der Waals surface area contributed by atoms with E-state index in [2.05, 4.69) is 5.32 Å². The minimum Gasteiger partial charge on any atom is -0.550 e. The van der Waals surface area contributed by atoms with Gasteiger partial charge in [-0.05, 0) is 42.3 Å². The van der Waals surface area contributed by atoms with Gasteiger partial charge in [0.05, 0.1) is 11.1 Å². The number of amides is 3. The predicted molar refractivity (Wildman–Crippen MR) is 95.2 cm³/mol. The zero-order valence-electron chi connectivity index (χ0n) is 14.7. The van der Waals surface area contributed by atoms with Crippen molar-refractivity contribution in [3.63, 3.8) is 0 Å². The van der Waals surface area contributed by atoms with E-state index in [4.69, 9.17) is 0 Å². The van der Waals surface area contributed by atoms with Crippen LogP contribution in [0, 0.1) is 0 Å². The zero-order chi connectivity index (χ0) is 19.6. The molecule has 3 rings (SSSR count). The molecule has 7 heteroatoms. The lowest BCUT2D eigenvalue weighted by Crippen LogP contribution is -2.30. The summed E-state index contributed by atoms with van der Waals surface area (Å²) >= 11 is 0. The molecule has 27 heavy (non-hydrogen) atoms. The quantitative estimate of drug-likeness (QED) is 0.775. The Morgan fingerprint density at radius 1 is 1.00 bits per heavy atom. The number of carbonyl (C=O) groups excluding carboxylic acids is 4. The highest BCUT2D eigenvalue weighted by Gasteiger charge is 2.35. The molecule has 0 aliphatic carbocycles. The fourth-order valence-electron chi connectivity index (χ4n) is 2.93. The number of carboxylic acid groups (broad SMARTS) is 1. The number of benzene rings is 2. The van der Waals surface area contributed by atoms with E-state index in [1.165, 1.54) is 23.1 Å². The smallest absolute Gasteiger partial charge is 0.261 e. The first-order valence-corrected chi connectivity index (χ1v) is 8.51. The molecular formula is C20H17N2O5-. The average Bonchev–Trinajstić information content (AvgIpc) is 2.88. The van der Waals surface area contributed by atoms with Gasteiger partial charge in [-0.15, -0.1) is 0 Å². The molecule has 7 nitrogen and oxygen atoms in total. The van der Waals surface area contributed by atoms with E-state index in [-0.39, 0.29) is 23.5 Å². The zero-order valence-corrected chi connectivity index (χ0v) is 14.7. The van der Waals surface area contributed by atoms with Gasteiger partial charge in [0.15, 0.2) is 0 Å². The molecule has 0 atom stereocenters. The highest BCUT2D eigenvalue weighted by molar-refractivity contribution is 6.22. The molecule has 0 radical (unpaired) electrons. The van der Waals surface area contributed by atoms with Gasteiger partial charge in [-0.25, -0.2) is 0 Å². The molecule has 138 valence electrons. The number of fused-ring (bicyclic) bond motifs is 1. The Morgan fingerprint density at radius 2 is 1.67 bits per heavy atom. The Bertz CT molecular complexity index is 934. The van der Waals surface area contributed by atoms with Crippen LogP contribution in [0.5, 0.6) is 0 Å². The van der Waals surface area contributed by atoms with Crippen molar-refractivity contribution in [2.24, 2.45) is 0 Å². The lowest BCUT2D eigenvalue weighted by Gasteiger charge is -2.11. The van der Waals surface area contributed by atoms with Gasteiger partial charge in [-0.2, -0.15) is 0 Å². The molecule has 0 unspecified atom stereocenters. The summed E-state index contributed by atoms with van der Waals surface area (Å²) in [5.74, 6) is -2.34. The maximum absolute atomic E-state index is 12.4. The van der Waals surface area contributed by atoms with Crippen LogP contribution in [-0.2, 0) is 11.2 Å². The lowest BCUT2D eigenvalue weighted by molar-refractivity contribution is -0.304. The van der Waals surface area contributed by atoms with Crippen LogP contribution in [0.1, 0.15) is 50.0 Å². The van der Waals surface area contributed by atoms with Gasteiger partial charge < -0.3 is 15.2 Å². The van der Waals surface area contributed by atoms with Crippen molar-refractivity contribution in [1.82, 2.24) is 4.90 Å². The van der Waals surface area contributed by atoms with Crippen LogP contribution < -0.4 is 10.4 Å². The molecule has 1 heterocycles. The molecule has 1 N–H and O–H groups in total. The van der Waals surface area contributed by atoms with Gasteiger partial charge >= 0.3 is 0 Å². The number of anilines is 1. The Labute approximate surface area is 155 Å². The number of hydrogen-bond donors (Lipinski definition) is 1. The number of nitrogens with one attached hydrogen (secondary N) is 1. The molecule has 1 aliphatic heterocycles. The van der Waals surface area contributed by atoms with Crippen LogP contribution in [0.15, 0.2) is 42.5 Å². The van der Waals surface area contributed by atoms with Crippen LogP contribution in [0.2, 0.25) is 0 Å². The third-order valence-corrected chi connectivity index (χ3v) is 4.24. The lowest BCUT2D eigenvalue weighted by atomic mass is 10.1. The van der Waals surface area contributed by atoms with E-state index < -0.39 is 17.8 Å². The molecule has 0 bridgehead atoms. The fraction of sp³-hybridized carbons (Fsp3) is 0.200. The summed E-state index contributed by atoms with van der Waals surface area (Å²) in [6, 6.07) is 10.7. The largest absolute Gasteiger partial charge is 0.550 e. The summed E-state index contributed by atoms with van der Waals surface area (Å²) in [5.41, 5.74) is 1.83. The van der Waals surface area contributed by atoms with E-state index in [9.17, 15) is 24.3 Å². The number of carbonyl (C=O) groups is 4. The Balaban J connectivity index is 1.76. The number of hydrogen-bond acceptors (Lipinski definition) is 5. The summed E-state index contributed by atoms with van der Waals surface area (Å²) < 4.78 is 0. The molecule has 2 aromatic carbocycles. The highest BCUT2D eigenvalue weighted by atomic mass is 16.4. The van der Waals surface area contributed by atoms with E-state index in [1.807, 2.05) is 6.92 Å². The molecule has 0 aromatic heterocycles. The summed E-state index contributed by atoms with van der Waals surface area (Å²) in [4.78, 5) is 48.8. The molecule has 3 amide bonds. The number of nitrogens with zero attached hydrogens (tertiary/aromatic N) is 1. The molecule has 1 aliphatic rings. The second kappa shape index (κ2) is 7.41. The summed E-state index contributed by atoms with van der Waals surface area (Å²) in [5, 5.41) is 13.3. The van der Waals surface area contributed by atoms with Crippen LogP contribution >= 0.6 is 0 Å². The van der Waals surface area contributed by atoms with Crippen molar-refractivity contribution in [2.75, 3.05) is 11.9 Å². The average molecular weight is 365 g/mol. The summed E-state index contributed by atoms with van der Waals surface area (Å²) in [6.07, 6.45) is 0.455. The topological polar surface area (TPSA) is 107 Å². The van der Waals surface area contributed by atoms with Gasteiger partial charge in [-0.3, -0.25) is 19.3 Å². The van der Waals surface area contributed by atoms with Crippen molar-refractivity contribution in [3.8, 4) is 0 Å². The second-order valence-corrected chi connectivity index (χ2v) is 6.22. The molecular weight excluding hydrogens is 348 g/mol. The van der Waals surface area contributed by atoms with Gasteiger partial charge in [0, 0.05) is 30.2 Å². The number of rotatable bonds is 6. The molecule has 0 saturated carbocycles. The Kier molecular flexibility index (Phi) is 5.03. The third-order valence-electron chi connectivity index (χ3n) is 4.24. The van der Waals surface area contributed by atoms with Crippen molar-refractivity contribution in [3.05, 3.63) is 64.7 Å². The fourth-order valence-corrected chi connectivity index (χ4v) is 2.93. The summed E-state index contributed by atoms with van der Waals surface area (Å²) in [6.45, 7) is 2.22. The van der Waals surface area contributed by atoms with Gasteiger partial charge in [0.25, 0.3) is 17.7 Å². The number of imide groups is 1. The highest BCUT2D eigenvalue weighted by Crippen LogP contribution is 2.24. The van der Waals surface area contributed by atoms with Crippen LogP contribution in [0.4, 0.5) is 5.69 Å². The minimum atomic E-state index is -1.18. The van der Waals surface area contributed by atoms with Crippen LogP contribution in [0.3, 0.4) is 0 Å². The SMILES string of the molecule is CCCN1C(=O)c2ccc(C(=O)Nc3ccc(CC(=O)[O-])cc3)cc2C1=O. The first kappa shape index (κ1) is 18.3. The minimum absolute atomic E-state index is 0.205.